The Kier molecular flexibility index (Phi) is 6.24. The van der Waals surface area contributed by atoms with Gasteiger partial charge in [-0.3, -0.25) is 4.79 Å². The van der Waals surface area contributed by atoms with Gasteiger partial charge in [-0.15, -0.1) is 0 Å². The maximum absolute atomic E-state index is 13.2. The van der Waals surface area contributed by atoms with Crippen LogP contribution in [0.25, 0.3) is 0 Å². The van der Waals surface area contributed by atoms with E-state index < -0.39 is 21.9 Å². The van der Waals surface area contributed by atoms with Crippen molar-refractivity contribution in [2.24, 2.45) is 0 Å². The summed E-state index contributed by atoms with van der Waals surface area (Å²) in [5.74, 6) is -0.0981. The Bertz CT molecular complexity index is 992. The predicted octanol–water partition coefficient (Wildman–Crippen LogP) is 2.95. The summed E-state index contributed by atoms with van der Waals surface area (Å²) < 4.78 is 45.8. The Labute approximate surface area is 170 Å². The van der Waals surface area contributed by atoms with Gasteiger partial charge in [0.05, 0.1) is 12.0 Å². The van der Waals surface area contributed by atoms with Crippen molar-refractivity contribution in [2.45, 2.75) is 37.2 Å². The SMILES string of the molecule is COc1ccc(C)cc1CN(C)C(=O)C1CCCN1S(=O)(=O)c1ccc(F)cc1. The van der Waals surface area contributed by atoms with Crippen LogP contribution in [-0.2, 0) is 21.4 Å². The molecule has 1 saturated heterocycles. The van der Waals surface area contributed by atoms with Crippen LogP contribution in [0.4, 0.5) is 4.39 Å². The Hall–Kier alpha value is -2.45. The number of nitrogens with zero attached hydrogens (tertiary/aromatic N) is 2. The molecule has 0 radical (unpaired) electrons. The van der Waals surface area contributed by atoms with E-state index in [-0.39, 0.29) is 17.3 Å². The third-order valence-electron chi connectivity index (χ3n) is 5.13. The number of likely N-dealkylation sites (N-methyl/N-ethyl adjacent to an activating group) is 1. The standard InChI is InChI=1S/C21H25FN2O4S/c1-15-6-11-20(28-3)16(13-15)14-23(2)21(25)19-5-4-12-24(19)29(26,27)18-9-7-17(22)8-10-18/h6-11,13,19H,4-5,12,14H2,1-3H3. The molecule has 8 heteroatoms. The number of rotatable bonds is 6. The van der Waals surface area contributed by atoms with Gasteiger partial charge in [0, 0.05) is 25.7 Å². The molecule has 2 aromatic carbocycles. The second-order valence-electron chi connectivity index (χ2n) is 7.24. The van der Waals surface area contributed by atoms with Crippen molar-refractivity contribution in [3.8, 4) is 5.75 Å². The highest BCUT2D eigenvalue weighted by atomic mass is 32.2. The fourth-order valence-corrected chi connectivity index (χ4v) is 5.29. The minimum absolute atomic E-state index is 0.0124. The van der Waals surface area contributed by atoms with E-state index in [1.807, 2.05) is 25.1 Å². The molecule has 0 saturated carbocycles. The Morgan fingerprint density at radius 1 is 1.24 bits per heavy atom. The molecule has 29 heavy (non-hydrogen) atoms. The monoisotopic (exact) mass is 420 g/mol. The van der Waals surface area contributed by atoms with Gasteiger partial charge in [0.1, 0.15) is 17.6 Å². The zero-order chi connectivity index (χ0) is 21.2. The molecule has 0 aliphatic carbocycles. The van der Waals surface area contributed by atoms with Crippen LogP contribution in [-0.4, -0.2) is 50.3 Å². The number of hydrogen-bond acceptors (Lipinski definition) is 4. The average Bonchev–Trinajstić information content (AvgIpc) is 3.18. The smallest absolute Gasteiger partial charge is 0.243 e. The molecular formula is C21H25FN2O4S. The lowest BCUT2D eigenvalue weighted by molar-refractivity contribution is -0.133. The minimum atomic E-state index is -3.88. The molecule has 3 rings (SSSR count). The van der Waals surface area contributed by atoms with Crippen molar-refractivity contribution in [1.82, 2.24) is 9.21 Å². The van der Waals surface area contributed by atoms with Gasteiger partial charge in [0.25, 0.3) is 0 Å². The fourth-order valence-electron chi connectivity index (χ4n) is 3.64. The first kappa shape index (κ1) is 21.3. The maximum Gasteiger partial charge on any atom is 0.243 e. The van der Waals surface area contributed by atoms with Crippen molar-refractivity contribution in [1.29, 1.82) is 0 Å². The lowest BCUT2D eigenvalue weighted by Crippen LogP contribution is -2.46. The third kappa shape index (κ3) is 4.43. The van der Waals surface area contributed by atoms with Crippen molar-refractivity contribution in [3.63, 3.8) is 0 Å². The van der Waals surface area contributed by atoms with Crippen LogP contribution < -0.4 is 4.74 Å². The third-order valence-corrected chi connectivity index (χ3v) is 7.05. The quantitative estimate of drug-likeness (QED) is 0.721. The molecular weight excluding hydrogens is 395 g/mol. The normalized spacial score (nSPS) is 17.3. The van der Waals surface area contributed by atoms with Gasteiger partial charge >= 0.3 is 0 Å². The zero-order valence-corrected chi connectivity index (χ0v) is 17.6. The zero-order valence-electron chi connectivity index (χ0n) is 16.8. The van der Waals surface area contributed by atoms with Gasteiger partial charge in [-0.2, -0.15) is 4.31 Å². The number of hydrogen-bond donors (Lipinski definition) is 0. The molecule has 0 bridgehead atoms. The first-order valence-corrected chi connectivity index (χ1v) is 10.8. The van der Waals surface area contributed by atoms with Crippen LogP contribution >= 0.6 is 0 Å². The topological polar surface area (TPSA) is 66.9 Å². The first-order valence-electron chi connectivity index (χ1n) is 9.40. The number of halogens is 1. The molecule has 1 unspecified atom stereocenters. The molecule has 0 spiro atoms. The summed E-state index contributed by atoms with van der Waals surface area (Å²) in [6.45, 7) is 2.53. The Morgan fingerprint density at radius 2 is 1.93 bits per heavy atom. The number of sulfonamides is 1. The van der Waals surface area contributed by atoms with Crippen LogP contribution in [0.3, 0.4) is 0 Å². The van der Waals surface area contributed by atoms with Crippen LogP contribution in [0.5, 0.6) is 5.75 Å². The molecule has 156 valence electrons. The lowest BCUT2D eigenvalue weighted by Gasteiger charge is -2.28. The van der Waals surface area contributed by atoms with Gasteiger partial charge in [0.15, 0.2) is 0 Å². The van der Waals surface area contributed by atoms with E-state index in [1.54, 1.807) is 14.2 Å². The highest BCUT2D eigenvalue weighted by molar-refractivity contribution is 7.89. The van der Waals surface area contributed by atoms with Gasteiger partial charge in [-0.05, 0) is 50.1 Å². The number of ether oxygens (including phenoxy) is 1. The van der Waals surface area contributed by atoms with Crippen LogP contribution in [0.2, 0.25) is 0 Å². The number of amides is 1. The van der Waals surface area contributed by atoms with Gasteiger partial charge in [-0.25, -0.2) is 12.8 Å². The molecule has 1 fully saturated rings. The molecule has 1 atom stereocenters. The second kappa shape index (κ2) is 8.51. The molecule has 1 aliphatic rings. The van der Waals surface area contributed by atoms with E-state index in [1.165, 1.54) is 21.3 Å². The van der Waals surface area contributed by atoms with Gasteiger partial charge in [-0.1, -0.05) is 17.7 Å². The Morgan fingerprint density at radius 3 is 2.59 bits per heavy atom. The number of carbonyl (C=O) groups excluding carboxylic acids is 1. The molecule has 1 heterocycles. The van der Waals surface area contributed by atoms with Crippen molar-refractivity contribution >= 4 is 15.9 Å². The van der Waals surface area contributed by atoms with Crippen molar-refractivity contribution in [2.75, 3.05) is 20.7 Å². The highest BCUT2D eigenvalue weighted by Gasteiger charge is 2.40. The molecule has 1 aliphatic heterocycles. The fraction of sp³-hybridized carbons (Fsp3) is 0.381. The minimum Gasteiger partial charge on any atom is -0.496 e. The van der Waals surface area contributed by atoms with Crippen LogP contribution in [0.1, 0.15) is 24.0 Å². The Balaban J connectivity index is 1.81. The largest absolute Gasteiger partial charge is 0.496 e. The molecule has 0 N–H and O–H groups in total. The van der Waals surface area contributed by atoms with E-state index >= 15 is 0 Å². The second-order valence-corrected chi connectivity index (χ2v) is 9.13. The number of benzene rings is 2. The summed E-state index contributed by atoms with van der Waals surface area (Å²) in [6.07, 6.45) is 1.05. The van der Waals surface area contributed by atoms with Crippen molar-refractivity contribution in [3.05, 3.63) is 59.4 Å². The summed E-state index contributed by atoms with van der Waals surface area (Å²) in [5.41, 5.74) is 1.90. The summed E-state index contributed by atoms with van der Waals surface area (Å²) in [5, 5.41) is 0. The average molecular weight is 421 g/mol. The number of carbonyl (C=O) groups is 1. The summed E-state index contributed by atoms with van der Waals surface area (Å²) in [7, 11) is -0.650. The highest BCUT2D eigenvalue weighted by Crippen LogP contribution is 2.28. The van der Waals surface area contributed by atoms with E-state index in [9.17, 15) is 17.6 Å². The van der Waals surface area contributed by atoms with Gasteiger partial charge < -0.3 is 9.64 Å². The number of aryl methyl sites for hydroxylation is 1. The molecule has 0 aromatic heterocycles. The predicted molar refractivity (Wildman–Crippen MR) is 108 cm³/mol. The van der Waals surface area contributed by atoms with E-state index in [0.717, 1.165) is 23.3 Å². The maximum atomic E-state index is 13.2. The van der Waals surface area contributed by atoms with Gasteiger partial charge in [0.2, 0.25) is 15.9 Å². The van der Waals surface area contributed by atoms with E-state index in [0.29, 0.717) is 25.1 Å². The lowest BCUT2D eigenvalue weighted by atomic mass is 10.1. The summed E-state index contributed by atoms with van der Waals surface area (Å²) >= 11 is 0. The molecule has 6 nitrogen and oxygen atoms in total. The summed E-state index contributed by atoms with van der Waals surface area (Å²) in [4.78, 5) is 14.6. The molecule has 1 amide bonds. The summed E-state index contributed by atoms with van der Waals surface area (Å²) in [6, 6.07) is 9.63. The van der Waals surface area contributed by atoms with E-state index in [4.69, 9.17) is 4.74 Å². The molecule has 2 aromatic rings. The van der Waals surface area contributed by atoms with Crippen LogP contribution in [0.15, 0.2) is 47.4 Å². The number of methoxy groups -OCH3 is 1. The first-order chi connectivity index (χ1) is 13.7. The van der Waals surface area contributed by atoms with Crippen molar-refractivity contribution < 1.29 is 22.3 Å². The van der Waals surface area contributed by atoms with Crippen LogP contribution in [0, 0.1) is 12.7 Å². The van der Waals surface area contributed by atoms with E-state index in [2.05, 4.69) is 0 Å².